The molecule has 3 amide bonds. The van der Waals surface area contributed by atoms with E-state index in [1.54, 1.807) is 0 Å². The maximum absolute atomic E-state index is 12.8. The van der Waals surface area contributed by atoms with Gasteiger partial charge in [-0.25, -0.2) is 0 Å². The molecule has 5 heteroatoms. The third-order valence-electron chi connectivity index (χ3n) is 4.64. The fourth-order valence-corrected chi connectivity index (χ4v) is 3.52. The van der Waals surface area contributed by atoms with E-state index in [0.29, 0.717) is 13.0 Å². The number of aryl methyl sites for hydroxylation is 1. The molecule has 22 heavy (non-hydrogen) atoms. The molecule has 1 saturated heterocycles. The van der Waals surface area contributed by atoms with Gasteiger partial charge in [0.2, 0.25) is 17.7 Å². The fourth-order valence-electron chi connectivity index (χ4n) is 3.52. The summed E-state index contributed by atoms with van der Waals surface area (Å²) < 4.78 is 0. The highest BCUT2D eigenvalue weighted by molar-refractivity contribution is 6.11. The molecule has 3 rings (SSSR count). The first-order chi connectivity index (χ1) is 10.6. The SMILES string of the molecule is CCCNC(=O)CN1C(=O)CC2(CCc3ccccc32)C1=O. The van der Waals surface area contributed by atoms with Crippen molar-refractivity contribution in [2.45, 2.75) is 38.0 Å². The molecule has 1 aliphatic heterocycles. The van der Waals surface area contributed by atoms with Gasteiger partial charge in [-0.2, -0.15) is 0 Å². The molecule has 1 aromatic carbocycles. The van der Waals surface area contributed by atoms with E-state index in [4.69, 9.17) is 0 Å². The van der Waals surface area contributed by atoms with Crippen molar-refractivity contribution in [2.75, 3.05) is 13.1 Å². The van der Waals surface area contributed by atoms with Gasteiger partial charge in [0.05, 0.1) is 5.41 Å². The summed E-state index contributed by atoms with van der Waals surface area (Å²) in [7, 11) is 0. The monoisotopic (exact) mass is 300 g/mol. The van der Waals surface area contributed by atoms with Crippen molar-refractivity contribution in [3.8, 4) is 0 Å². The highest BCUT2D eigenvalue weighted by Crippen LogP contribution is 2.46. The molecule has 1 spiro atoms. The van der Waals surface area contributed by atoms with Gasteiger partial charge in [-0.15, -0.1) is 0 Å². The molecule has 1 aromatic rings. The first-order valence-corrected chi connectivity index (χ1v) is 7.78. The van der Waals surface area contributed by atoms with E-state index in [-0.39, 0.29) is 30.7 Å². The molecular formula is C17H20N2O3. The van der Waals surface area contributed by atoms with E-state index in [0.717, 1.165) is 28.9 Å². The van der Waals surface area contributed by atoms with Crippen molar-refractivity contribution in [2.24, 2.45) is 0 Å². The van der Waals surface area contributed by atoms with Crippen LogP contribution in [-0.2, 0) is 26.2 Å². The molecule has 5 nitrogen and oxygen atoms in total. The van der Waals surface area contributed by atoms with Gasteiger partial charge in [-0.1, -0.05) is 31.2 Å². The molecule has 1 unspecified atom stereocenters. The summed E-state index contributed by atoms with van der Waals surface area (Å²) in [5.41, 5.74) is 1.37. The lowest BCUT2D eigenvalue weighted by Crippen LogP contribution is -2.43. The standard InChI is InChI=1S/C17H20N2O3/c1-2-9-18-14(20)11-19-15(21)10-17(16(19)22)8-7-12-5-3-4-6-13(12)17/h3-6H,2,7-11H2,1H3,(H,18,20). The predicted octanol–water partition coefficient (Wildman–Crippen LogP) is 1.16. The zero-order chi connectivity index (χ0) is 15.7. The van der Waals surface area contributed by atoms with E-state index < -0.39 is 5.41 Å². The molecule has 1 atom stereocenters. The van der Waals surface area contributed by atoms with Crippen LogP contribution in [0.4, 0.5) is 0 Å². The van der Waals surface area contributed by atoms with Crippen molar-refractivity contribution in [1.82, 2.24) is 10.2 Å². The van der Waals surface area contributed by atoms with Crippen LogP contribution in [0.25, 0.3) is 0 Å². The van der Waals surface area contributed by atoms with Gasteiger partial charge in [0.1, 0.15) is 6.54 Å². The Labute approximate surface area is 129 Å². The average Bonchev–Trinajstić information content (AvgIpc) is 3.00. The van der Waals surface area contributed by atoms with Crippen LogP contribution >= 0.6 is 0 Å². The van der Waals surface area contributed by atoms with E-state index in [1.807, 2.05) is 31.2 Å². The minimum Gasteiger partial charge on any atom is -0.355 e. The van der Waals surface area contributed by atoms with Crippen LogP contribution in [0.3, 0.4) is 0 Å². The van der Waals surface area contributed by atoms with E-state index in [2.05, 4.69) is 5.32 Å². The number of rotatable bonds is 4. The highest BCUT2D eigenvalue weighted by Gasteiger charge is 2.55. The van der Waals surface area contributed by atoms with Crippen LogP contribution in [-0.4, -0.2) is 35.7 Å². The number of nitrogens with one attached hydrogen (secondary N) is 1. The van der Waals surface area contributed by atoms with E-state index in [1.165, 1.54) is 0 Å². The summed E-state index contributed by atoms with van der Waals surface area (Å²) in [6.45, 7) is 2.35. The maximum atomic E-state index is 12.8. The Bertz CT molecular complexity index is 641. The molecular weight excluding hydrogens is 280 g/mol. The topological polar surface area (TPSA) is 66.5 Å². The number of likely N-dealkylation sites (tertiary alicyclic amines) is 1. The van der Waals surface area contributed by atoms with Gasteiger partial charge in [0.15, 0.2) is 0 Å². The Morgan fingerprint density at radius 3 is 2.86 bits per heavy atom. The Kier molecular flexibility index (Phi) is 3.72. The minimum absolute atomic E-state index is 0.165. The Hall–Kier alpha value is -2.17. The predicted molar refractivity (Wildman–Crippen MR) is 81.1 cm³/mol. The van der Waals surface area contributed by atoms with Gasteiger partial charge in [0.25, 0.3) is 0 Å². The zero-order valence-corrected chi connectivity index (χ0v) is 12.7. The van der Waals surface area contributed by atoms with Crippen LogP contribution in [0.2, 0.25) is 0 Å². The molecule has 1 N–H and O–H groups in total. The number of carbonyl (C=O) groups excluding carboxylic acids is 3. The third-order valence-corrected chi connectivity index (χ3v) is 4.64. The number of hydrogen-bond donors (Lipinski definition) is 1. The van der Waals surface area contributed by atoms with Crippen LogP contribution in [0.15, 0.2) is 24.3 Å². The van der Waals surface area contributed by atoms with Crippen molar-refractivity contribution in [3.05, 3.63) is 35.4 Å². The first-order valence-electron chi connectivity index (χ1n) is 7.78. The second-order valence-corrected chi connectivity index (χ2v) is 6.05. The molecule has 116 valence electrons. The van der Waals surface area contributed by atoms with Crippen LogP contribution in [0.5, 0.6) is 0 Å². The fraction of sp³-hybridized carbons (Fsp3) is 0.471. The molecule has 0 radical (unpaired) electrons. The average molecular weight is 300 g/mol. The second-order valence-electron chi connectivity index (χ2n) is 6.05. The molecule has 0 saturated carbocycles. The molecule has 1 fully saturated rings. The van der Waals surface area contributed by atoms with Gasteiger partial charge >= 0.3 is 0 Å². The summed E-state index contributed by atoms with van der Waals surface area (Å²) >= 11 is 0. The second kappa shape index (κ2) is 5.55. The number of benzene rings is 1. The number of fused-ring (bicyclic) bond motifs is 2. The Morgan fingerprint density at radius 2 is 2.09 bits per heavy atom. The summed E-state index contributed by atoms with van der Waals surface area (Å²) in [5.74, 6) is -0.727. The van der Waals surface area contributed by atoms with Crippen molar-refractivity contribution >= 4 is 17.7 Å². The Balaban J connectivity index is 1.82. The number of nitrogens with zero attached hydrogens (tertiary/aromatic N) is 1. The van der Waals surface area contributed by atoms with E-state index >= 15 is 0 Å². The molecule has 1 aliphatic carbocycles. The minimum atomic E-state index is -0.737. The number of imide groups is 1. The van der Waals surface area contributed by atoms with Crippen molar-refractivity contribution in [1.29, 1.82) is 0 Å². The van der Waals surface area contributed by atoms with Crippen LogP contribution < -0.4 is 5.32 Å². The molecule has 0 bridgehead atoms. The maximum Gasteiger partial charge on any atom is 0.240 e. The highest BCUT2D eigenvalue weighted by atomic mass is 16.2. The quantitative estimate of drug-likeness (QED) is 0.848. The lowest BCUT2D eigenvalue weighted by molar-refractivity contribution is -0.143. The van der Waals surface area contributed by atoms with Gasteiger partial charge < -0.3 is 5.32 Å². The Morgan fingerprint density at radius 1 is 1.32 bits per heavy atom. The van der Waals surface area contributed by atoms with Crippen molar-refractivity contribution in [3.63, 3.8) is 0 Å². The number of amides is 3. The smallest absolute Gasteiger partial charge is 0.240 e. The molecule has 1 heterocycles. The lowest BCUT2D eigenvalue weighted by atomic mass is 9.80. The first kappa shape index (κ1) is 14.8. The lowest BCUT2D eigenvalue weighted by Gasteiger charge is -2.22. The summed E-state index contributed by atoms with van der Waals surface area (Å²) in [6.07, 6.45) is 2.48. The normalized spacial score (nSPS) is 23.2. The third kappa shape index (κ3) is 2.21. The van der Waals surface area contributed by atoms with Gasteiger partial charge in [-0.3, -0.25) is 19.3 Å². The van der Waals surface area contributed by atoms with Crippen molar-refractivity contribution < 1.29 is 14.4 Å². The van der Waals surface area contributed by atoms with Gasteiger partial charge in [-0.05, 0) is 30.4 Å². The largest absolute Gasteiger partial charge is 0.355 e. The van der Waals surface area contributed by atoms with Gasteiger partial charge in [0, 0.05) is 13.0 Å². The van der Waals surface area contributed by atoms with Crippen LogP contribution in [0.1, 0.15) is 37.3 Å². The zero-order valence-electron chi connectivity index (χ0n) is 12.7. The summed E-state index contributed by atoms with van der Waals surface area (Å²) in [6, 6.07) is 7.81. The summed E-state index contributed by atoms with van der Waals surface area (Å²) in [5, 5.41) is 2.71. The van der Waals surface area contributed by atoms with Crippen LogP contribution in [0, 0.1) is 0 Å². The molecule has 0 aromatic heterocycles. The number of hydrogen-bond acceptors (Lipinski definition) is 3. The molecule has 2 aliphatic rings. The van der Waals surface area contributed by atoms with E-state index in [9.17, 15) is 14.4 Å². The summed E-state index contributed by atoms with van der Waals surface area (Å²) in [4.78, 5) is 38.1. The number of carbonyl (C=O) groups is 3.